The third-order valence-corrected chi connectivity index (χ3v) is 3.82. The molecular formula is C12H17NO2S. The molecule has 0 saturated heterocycles. The number of carbonyl (C=O) groups is 1. The molecule has 1 unspecified atom stereocenters. The monoisotopic (exact) mass is 239 g/mol. The Morgan fingerprint density at radius 3 is 3.38 bits per heavy atom. The summed E-state index contributed by atoms with van der Waals surface area (Å²) in [5.41, 5.74) is 1.31. The second-order valence-electron chi connectivity index (χ2n) is 3.95. The van der Waals surface area contributed by atoms with Crippen molar-refractivity contribution in [3.63, 3.8) is 0 Å². The van der Waals surface area contributed by atoms with Crippen LogP contribution < -0.4 is 5.32 Å². The van der Waals surface area contributed by atoms with E-state index < -0.39 is 0 Å². The van der Waals surface area contributed by atoms with Gasteiger partial charge in [-0.15, -0.1) is 11.3 Å². The Labute approximate surface area is 99.8 Å². The van der Waals surface area contributed by atoms with Crippen molar-refractivity contribution in [3.8, 4) is 0 Å². The summed E-state index contributed by atoms with van der Waals surface area (Å²) in [5, 5.41) is 5.15. The number of amides is 1. The average molecular weight is 239 g/mol. The molecule has 1 aliphatic rings. The van der Waals surface area contributed by atoms with Crippen molar-refractivity contribution in [2.24, 2.45) is 0 Å². The summed E-state index contributed by atoms with van der Waals surface area (Å²) in [7, 11) is 0. The van der Waals surface area contributed by atoms with Crippen LogP contribution in [-0.4, -0.2) is 19.1 Å². The zero-order valence-corrected chi connectivity index (χ0v) is 10.3. The molecule has 0 aliphatic heterocycles. The average Bonchev–Trinajstić information content (AvgIpc) is 2.75. The third kappa shape index (κ3) is 2.62. The molecule has 0 fully saturated rings. The molecule has 1 amide bonds. The van der Waals surface area contributed by atoms with E-state index >= 15 is 0 Å². The Morgan fingerprint density at radius 2 is 2.56 bits per heavy atom. The normalized spacial score (nSPS) is 19.2. The van der Waals surface area contributed by atoms with Crippen molar-refractivity contribution >= 4 is 17.2 Å². The number of nitrogens with one attached hydrogen (secondary N) is 1. The number of hydrogen-bond donors (Lipinski definition) is 1. The van der Waals surface area contributed by atoms with Crippen molar-refractivity contribution in [3.05, 3.63) is 21.9 Å². The molecular weight excluding hydrogens is 222 g/mol. The van der Waals surface area contributed by atoms with Crippen molar-refractivity contribution in [2.75, 3.05) is 13.2 Å². The van der Waals surface area contributed by atoms with Gasteiger partial charge < -0.3 is 10.1 Å². The fourth-order valence-corrected chi connectivity index (χ4v) is 3.05. The molecule has 1 heterocycles. The number of thiophene rings is 1. The van der Waals surface area contributed by atoms with Crippen molar-refractivity contribution < 1.29 is 9.53 Å². The van der Waals surface area contributed by atoms with Gasteiger partial charge in [-0.2, -0.15) is 0 Å². The number of ether oxygens (including phenoxy) is 1. The van der Waals surface area contributed by atoms with Gasteiger partial charge in [0.2, 0.25) is 5.91 Å². The van der Waals surface area contributed by atoms with E-state index in [1.807, 2.05) is 6.92 Å². The van der Waals surface area contributed by atoms with Gasteiger partial charge in [0.25, 0.3) is 0 Å². The van der Waals surface area contributed by atoms with Crippen LogP contribution in [0.3, 0.4) is 0 Å². The highest BCUT2D eigenvalue weighted by atomic mass is 32.1. The summed E-state index contributed by atoms with van der Waals surface area (Å²) in [5.74, 6) is -0.00843. The molecule has 3 nitrogen and oxygen atoms in total. The molecule has 1 aromatic rings. The predicted molar refractivity (Wildman–Crippen MR) is 64.6 cm³/mol. The van der Waals surface area contributed by atoms with Crippen LogP contribution in [0.4, 0.5) is 0 Å². The Balaban J connectivity index is 1.94. The topological polar surface area (TPSA) is 38.3 Å². The fourth-order valence-electron chi connectivity index (χ4n) is 2.07. The van der Waals surface area contributed by atoms with Crippen molar-refractivity contribution in [1.82, 2.24) is 5.32 Å². The molecule has 0 saturated carbocycles. The van der Waals surface area contributed by atoms with Gasteiger partial charge in [0.05, 0.1) is 6.04 Å². The van der Waals surface area contributed by atoms with Crippen LogP contribution in [0.5, 0.6) is 0 Å². The molecule has 4 heteroatoms. The SMILES string of the molecule is CCOCC(=O)NC1CCCc2sccc21. The molecule has 1 N–H and O–H groups in total. The molecule has 0 radical (unpaired) electrons. The first-order chi connectivity index (χ1) is 7.81. The Bertz CT molecular complexity index is 362. The van der Waals surface area contributed by atoms with Crippen LogP contribution in [0.1, 0.15) is 36.2 Å². The molecule has 88 valence electrons. The van der Waals surface area contributed by atoms with Gasteiger partial charge in [0.15, 0.2) is 0 Å². The van der Waals surface area contributed by atoms with Gasteiger partial charge in [-0.25, -0.2) is 0 Å². The van der Waals surface area contributed by atoms with Crippen LogP contribution in [-0.2, 0) is 16.0 Å². The number of hydrogen-bond acceptors (Lipinski definition) is 3. The Kier molecular flexibility index (Phi) is 3.96. The highest BCUT2D eigenvalue weighted by Crippen LogP contribution is 2.33. The van der Waals surface area contributed by atoms with Crippen LogP contribution in [0.15, 0.2) is 11.4 Å². The van der Waals surface area contributed by atoms with E-state index in [2.05, 4.69) is 16.8 Å². The van der Waals surface area contributed by atoms with Gasteiger partial charge in [0, 0.05) is 11.5 Å². The van der Waals surface area contributed by atoms with Gasteiger partial charge in [-0.05, 0) is 43.2 Å². The molecule has 1 atom stereocenters. The minimum atomic E-state index is -0.00843. The Hall–Kier alpha value is -0.870. The third-order valence-electron chi connectivity index (χ3n) is 2.82. The van der Waals surface area contributed by atoms with E-state index in [1.54, 1.807) is 11.3 Å². The number of fused-ring (bicyclic) bond motifs is 1. The van der Waals surface area contributed by atoms with Crippen LogP contribution in [0, 0.1) is 0 Å². The van der Waals surface area contributed by atoms with Crippen molar-refractivity contribution in [1.29, 1.82) is 0 Å². The summed E-state index contributed by atoms with van der Waals surface area (Å²) < 4.78 is 5.10. The minimum Gasteiger partial charge on any atom is -0.372 e. The lowest BCUT2D eigenvalue weighted by Crippen LogP contribution is -2.33. The molecule has 0 spiro atoms. The van der Waals surface area contributed by atoms with E-state index in [4.69, 9.17) is 4.74 Å². The Morgan fingerprint density at radius 1 is 1.69 bits per heavy atom. The summed E-state index contributed by atoms with van der Waals surface area (Å²) in [6.45, 7) is 2.65. The van der Waals surface area contributed by atoms with E-state index in [-0.39, 0.29) is 18.6 Å². The number of carbonyl (C=O) groups excluding carboxylic acids is 1. The molecule has 1 aliphatic carbocycles. The van der Waals surface area contributed by atoms with Crippen LogP contribution in [0.25, 0.3) is 0 Å². The molecule has 1 aromatic heterocycles. The van der Waals surface area contributed by atoms with Gasteiger partial charge in [-0.1, -0.05) is 0 Å². The first-order valence-corrected chi connectivity index (χ1v) is 6.62. The minimum absolute atomic E-state index is 0.00843. The highest BCUT2D eigenvalue weighted by molar-refractivity contribution is 7.10. The summed E-state index contributed by atoms with van der Waals surface area (Å²) in [6, 6.07) is 2.33. The molecule has 16 heavy (non-hydrogen) atoms. The highest BCUT2D eigenvalue weighted by Gasteiger charge is 2.22. The maximum atomic E-state index is 11.6. The standard InChI is InChI=1S/C12H17NO2S/c1-2-15-8-12(14)13-10-4-3-5-11-9(10)6-7-16-11/h6-7,10H,2-5,8H2,1H3,(H,13,14). The zero-order chi connectivity index (χ0) is 11.4. The maximum Gasteiger partial charge on any atom is 0.246 e. The second kappa shape index (κ2) is 5.46. The van der Waals surface area contributed by atoms with Gasteiger partial charge in [0.1, 0.15) is 6.61 Å². The fraction of sp³-hybridized carbons (Fsp3) is 0.583. The molecule has 2 rings (SSSR count). The lowest BCUT2D eigenvalue weighted by Gasteiger charge is -2.23. The van der Waals surface area contributed by atoms with Crippen LogP contribution >= 0.6 is 11.3 Å². The first-order valence-electron chi connectivity index (χ1n) is 5.74. The summed E-state index contributed by atoms with van der Waals surface area (Å²) in [6.07, 6.45) is 3.36. The zero-order valence-electron chi connectivity index (χ0n) is 9.49. The van der Waals surface area contributed by atoms with Gasteiger partial charge >= 0.3 is 0 Å². The summed E-state index contributed by atoms with van der Waals surface area (Å²) in [4.78, 5) is 13.0. The van der Waals surface area contributed by atoms with Crippen LogP contribution in [0.2, 0.25) is 0 Å². The van der Waals surface area contributed by atoms with E-state index in [0.717, 1.165) is 19.3 Å². The largest absolute Gasteiger partial charge is 0.372 e. The van der Waals surface area contributed by atoms with Crippen molar-refractivity contribution in [2.45, 2.75) is 32.2 Å². The maximum absolute atomic E-state index is 11.6. The van der Waals surface area contributed by atoms with Gasteiger partial charge in [-0.3, -0.25) is 4.79 Å². The number of aryl methyl sites for hydroxylation is 1. The first kappa shape index (κ1) is 11.6. The van der Waals surface area contributed by atoms with E-state index in [1.165, 1.54) is 10.4 Å². The van der Waals surface area contributed by atoms with E-state index in [0.29, 0.717) is 6.61 Å². The smallest absolute Gasteiger partial charge is 0.246 e. The van der Waals surface area contributed by atoms with E-state index in [9.17, 15) is 4.79 Å². The number of rotatable bonds is 4. The molecule has 0 bridgehead atoms. The lowest BCUT2D eigenvalue weighted by molar-refractivity contribution is -0.126. The second-order valence-corrected chi connectivity index (χ2v) is 4.95. The molecule has 0 aromatic carbocycles. The lowest BCUT2D eigenvalue weighted by atomic mass is 9.94. The quantitative estimate of drug-likeness (QED) is 0.875. The predicted octanol–water partition coefficient (Wildman–Crippen LogP) is 2.28. The summed E-state index contributed by atoms with van der Waals surface area (Å²) >= 11 is 1.79.